The highest BCUT2D eigenvalue weighted by Gasteiger charge is 2.15. The molecule has 3 aromatic rings. The lowest BCUT2D eigenvalue weighted by molar-refractivity contribution is -0.172. The molecule has 0 saturated heterocycles. The third kappa shape index (κ3) is 3.94. The van der Waals surface area contributed by atoms with Crippen molar-refractivity contribution in [2.75, 3.05) is 7.11 Å². The molecule has 0 spiro atoms. The van der Waals surface area contributed by atoms with Crippen molar-refractivity contribution in [2.45, 2.75) is 19.9 Å². The number of hydrogen-bond donors (Lipinski definition) is 1. The van der Waals surface area contributed by atoms with E-state index in [9.17, 15) is 10.0 Å². The van der Waals surface area contributed by atoms with Gasteiger partial charge in [-0.3, -0.25) is 10.0 Å². The number of carbonyl (C=O) groups excluding carboxylic acids is 1. The molecule has 0 saturated carbocycles. The fourth-order valence-corrected chi connectivity index (χ4v) is 2.96. The molecule has 3 rings (SSSR count). The van der Waals surface area contributed by atoms with Crippen LogP contribution in [-0.2, 0) is 4.79 Å². The zero-order valence-electron chi connectivity index (χ0n) is 15.6. The lowest BCUT2D eigenvalue weighted by atomic mass is 10.0. The predicted molar refractivity (Wildman–Crippen MR) is 106 cm³/mol. The molecule has 0 aliphatic carbocycles. The van der Waals surface area contributed by atoms with E-state index in [1.807, 2.05) is 60.7 Å². The van der Waals surface area contributed by atoms with Gasteiger partial charge in [-0.2, -0.15) is 0 Å². The molecule has 0 bridgehead atoms. The maximum absolute atomic E-state index is 11.3. The minimum atomic E-state index is -0.407. The van der Waals surface area contributed by atoms with Crippen molar-refractivity contribution in [3.63, 3.8) is 0 Å². The Morgan fingerprint density at radius 2 is 1.67 bits per heavy atom. The van der Waals surface area contributed by atoms with E-state index in [4.69, 9.17) is 4.74 Å². The maximum atomic E-state index is 11.3. The van der Waals surface area contributed by atoms with Gasteiger partial charge in [0.2, 0.25) is 5.91 Å². The van der Waals surface area contributed by atoms with Gasteiger partial charge in [0.15, 0.2) is 0 Å². The SMILES string of the molecule is COc1ccc(C#Cc2ccc(C(C)N(O)C(C)=O)cc2)c2ccccc12. The summed E-state index contributed by atoms with van der Waals surface area (Å²) in [6, 6.07) is 19.0. The summed E-state index contributed by atoms with van der Waals surface area (Å²) in [5, 5.41) is 12.6. The van der Waals surface area contributed by atoms with E-state index in [1.54, 1.807) is 14.0 Å². The number of hydrogen-bond acceptors (Lipinski definition) is 3. The van der Waals surface area contributed by atoms with Crippen molar-refractivity contribution >= 4 is 16.7 Å². The number of amides is 1. The number of fused-ring (bicyclic) bond motifs is 1. The van der Waals surface area contributed by atoms with Gasteiger partial charge in [0, 0.05) is 28.8 Å². The smallest absolute Gasteiger partial charge is 0.243 e. The second-order valence-corrected chi connectivity index (χ2v) is 6.27. The van der Waals surface area contributed by atoms with Crippen LogP contribution in [0.4, 0.5) is 0 Å². The highest BCUT2D eigenvalue weighted by molar-refractivity contribution is 5.93. The lowest BCUT2D eigenvalue weighted by Crippen LogP contribution is -2.27. The average molecular weight is 359 g/mol. The Morgan fingerprint density at radius 3 is 2.30 bits per heavy atom. The highest BCUT2D eigenvalue weighted by atomic mass is 16.5. The topological polar surface area (TPSA) is 49.8 Å². The van der Waals surface area contributed by atoms with Gasteiger partial charge in [-0.25, -0.2) is 5.06 Å². The Bertz CT molecular complexity index is 1030. The number of nitrogens with zero attached hydrogens (tertiary/aromatic N) is 1. The molecule has 4 nitrogen and oxygen atoms in total. The van der Waals surface area contributed by atoms with Crippen LogP contribution in [0.3, 0.4) is 0 Å². The summed E-state index contributed by atoms with van der Waals surface area (Å²) in [7, 11) is 1.66. The minimum absolute atomic E-state index is 0.391. The van der Waals surface area contributed by atoms with E-state index < -0.39 is 11.9 Å². The summed E-state index contributed by atoms with van der Waals surface area (Å²) in [5.74, 6) is 6.84. The van der Waals surface area contributed by atoms with E-state index >= 15 is 0 Å². The third-order valence-electron chi connectivity index (χ3n) is 4.53. The van der Waals surface area contributed by atoms with Crippen LogP contribution < -0.4 is 4.74 Å². The van der Waals surface area contributed by atoms with Gasteiger partial charge < -0.3 is 4.74 Å². The summed E-state index contributed by atoms with van der Waals surface area (Å²) in [5.41, 5.74) is 2.63. The first-order chi connectivity index (χ1) is 13.0. The van der Waals surface area contributed by atoms with E-state index in [1.165, 1.54) is 6.92 Å². The summed E-state index contributed by atoms with van der Waals surface area (Å²) < 4.78 is 5.42. The predicted octanol–water partition coefficient (Wildman–Crippen LogP) is 4.55. The Morgan fingerprint density at radius 1 is 1.00 bits per heavy atom. The number of carbonyl (C=O) groups is 1. The lowest BCUT2D eigenvalue weighted by Gasteiger charge is -2.21. The summed E-state index contributed by atoms with van der Waals surface area (Å²) >= 11 is 0. The standard InChI is InChI=1S/C23H21NO3/c1-16(24(26)17(2)25)19-11-8-18(9-12-19)10-13-20-14-15-23(27-3)22-7-5-4-6-21(20)22/h4-9,11-12,14-16,26H,1-3H3. The van der Waals surface area contributed by atoms with Gasteiger partial charge in [0.05, 0.1) is 13.2 Å². The molecular formula is C23H21NO3. The molecule has 4 heteroatoms. The average Bonchev–Trinajstić information content (AvgIpc) is 2.71. The number of ether oxygens (including phenoxy) is 1. The molecule has 136 valence electrons. The minimum Gasteiger partial charge on any atom is -0.496 e. The molecule has 1 atom stereocenters. The highest BCUT2D eigenvalue weighted by Crippen LogP contribution is 2.28. The fourth-order valence-electron chi connectivity index (χ4n) is 2.96. The molecule has 1 amide bonds. The molecule has 0 aliphatic heterocycles. The van der Waals surface area contributed by atoms with Crippen LogP contribution >= 0.6 is 0 Å². The normalized spacial score (nSPS) is 11.4. The fraction of sp³-hybridized carbons (Fsp3) is 0.174. The van der Waals surface area contributed by atoms with Crippen LogP contribution in [-0.4, -0.2) is 23.3 Å². The van der Waals surface area contributed by atoms with Gasteiger partial charge in [-0.05, 0) is 36.8 Å². The number of benzene rings is 3. The molecule has 0 fully saturated rings. The van der Waals surface area contributed by atoms with Crippen LogP contribution in [0.5, 0.6) is 5.75 Å². The molecule has 1 unspecified atom stereocenters. The van der Waals surface area contributed by atoms with Gasteiger partial charge in [0.25, 0.3) is 0 Å². The monoisotopic (exact) mass is 359 g/mol. The first kappa shape index (κ1) is 18.5. The molecule has 0 heterocycles. The number of hydroxylamine groups is 2. The maximum Gasteiger partial charge on any atom is 0.243 e. The number of rotatable bonds is 3. The molecule has 0 aliphatic rings. The van der Waals surface area contributed by atoms with Gasteiger partial charge in [-0.1, -0.05) is 48.2 Å². The van der Waals surface area contributed by atoms with Crippen molar-refractivity contribution in [3.8, 4) is 17.6 Å². The quantitative estimate of drug-likeness (QED) is 0.424. The van der Waals surface area contributed by atoms with E-state index in [-0.39, 0.29) is 0 Å². The Hall–Kier alpha value is -3.29. The Labute approximate surface area is 159 Å². The Kier molecular flexibility index (Phi) is 5.44. The van der Waals surface area contributed by atoms with Crippen LogP contribution in [0.25, 0.3) is 10.8 Å². The van der Waals surface area contributed by atoms with Crippen LogP contribution in [0.15, 0.2) is 60.7 Å². The summed E-state index contributed by atoms with van der Waals surface area (Å²) in [6.45, 7) is 3.10. The van der Waals surface area contributed by atoms with E-state index in [2.05, 4.69) is 11.8 Å². The van der Waals surface area contributed by atoms with Crippen molar-refractivity contribution in [1.29, 1.82) is 0 Å². The molecule has 0 radical (unpaired) electrons. The zero-order chi connectivity index (χ0) is 19.4. The van der Waals surface area contributed by atoms with Crippen molar-refractivity contribution < 1.29 is 14.7 Å². The molecule has 27 heavy (non-hydrogen) atoms. The van der Waals surface area contributed by atoms with Gasteiger partial charge >= 0.3 is 0 Å². The Balaban J connectivity index is 1.89. The van der Waals surface area contributed by atoms with Crippen molar-refractivity contribution in [1.82, 2.24) is 5.06 Å². The van der Waals surface area contributed by atoms with Crippen LogP contribution in [0.1, 0.15) is 36.6 Å². The van der Waals surface area contributed by atoms with E-state index in [0.717, 1.165) is 38.3 Å². The third-order valence-corrected chi connectivity index (χ3v) is 4.53. The first-order valence-electron chi connectivity index (χ1n) is 8.67. The molecule has 1 N–H and O–H groups in total. The van der Waals surface area contributed by atoms with Gasteiger partial charge in [-0.15, -0.1) is 0 Å². The zero-order valence-corrected chi connectivity index (χ0v) is 15.6. The van der Waals surface area contributed by atoms with Gasteiger partial charge in [0.1, 0.15) is 5.75 Å². The molecular weight excluding hydrogens is 338 g/mol. The molecule has 0 aromatic heterocycles. The second-order valence-electron chi connectivity index (χ2n) is 6.27. The number of methoxy groups -OCH3 is 1. The van der Waals surface area contributed by atoms with Crippen LogP contribution in [0, 0.1) is 11.8 Å². The second kappa shape index (κ2) is 7.94. The van der Waals surface area contributed by atoms with Crippen LogP contribution in [0.2, 0.25) is 0 Å². The first-order valence-corrected chi connectivity index (χ1v) is 8.67. The summed E-state index contributed by atoms with van der Waals surface area (Å²) in [4.78, 5) is 11.3. The largest absolute Gasteiger partial charge is 0.496 e. The summed E-state index contributed by atoms with van der Waals surface area (Å²) in [6.07, 6.45) is 0. The van der Waals surface area contributed by atoms with E-state index in [0.29, 0.717) is 0 Å². The molecule has 3 aromatic carbocycles. The van der Waals surface area contributed by atoms with Crippen molar-refractivity contribution in [2.24, 2.45) is 0 Å². The van der Waals surface area contributed by atoms with Crippen molar-refractivity contribution in [3.05, 3.63) is 77.4 Å².